The largest absolute Gasteiger partial charge is 0.251 e. The fourth-order valence-corrected chi connectivity index (χ4v) is 0. The molecule has 0 aromatic carbocycles. The van der Waals surface area contributed by atoms with Crippen molar-refractivity contribution in [2.45, 2.75) is 13.8 Å². The van der Waals surface area contributed by atoms with Crippen LogP contribution in [0.2, 0.25) is 0 Å². The summed E-state index contributed by atoms with van der Waals surface area (Å²) in [6.07, 6.45) is 0. The summed E-state index contributed by atoms with van der Waals surface area (Å²) in [6, 6.07) is 0. The molecule has 6 heavy (non-hydrogen) atoms. The van der Waals surface area contributed by atoms with Crippen molar-refractivity contribution in [2.75, 3.05) is 13.3 Å². The van der Waals surface area contributed by atoms with Crippen LogP contribution in [-0.4, -0.2) is 13.3 Å². The van der Waals surface area contributed by atoms with E-state index in [0.717, 1.165) is 0 Å². The Morgan fingerprint density at radius 1 is 1.00 bits per heavy atom. The molecule has 0 N–H and O–H groups in total. The van der Waals surface area contributed by atoms with Crippen molar-refractivity contribution in [1.82, 2.24) is 0 Å². The SMILES string of the molecule is CCF.CCF. The fourth-order valence-electron chi connectivity index (χ4n) is 0. The van der Waals surface area contributed by atoms with Crippen molar-refractivity contribution in [3.05, 3.63) is 0 Å². The quantitative estimate of drug-likeness (QED) is 0.432. The van der Waals surface area contributed by atoms with Gasteiger partial charge in [-0.25, -0.2) is 0 Å². The lowest BCUT2D eigenvalue weighted by Crippen LogP contribution is -1.40. The standard InChI is InChI=1S/2C2H5F/c2*1-2-3/h2*2H2,1H3. The predicted molar refractivity (Wildman–Crippen MR) is 23.3 cm³/mol. The van der Waals surface area contributed by atoms with Crippen molar-refractivity contribution in [3.8, 4) is 0 Å². The second-order valence-corrected chi connectivity index (χ2v) is 0.535. The number of hydrogen-bond acceptors (Lipinski definition) is 0. The van der Waals surface area contributed by atoms with Gasteiger partial charge in [-0.05, 0) is 13.8 Å². The first-order valence-corrected chi connectivity index (χ1v) is 1.95. The van der Waals surface area contributed by atoms with Gasteiger partial charge in [0.25, 0.3) is 0 Å². The summed E-state index contributed by atoms with van der Waals surface area (Å²) < 4.78 is 20.6. The molecule has 0 fully saturated rings. The van der Waals surface area contributed by atoms with Gasteiger partial charge in [-0.2, -0.15) is 0 Å². The molecule has 0 aliphatic heterocycles. The van der Waals surface area contributed by atoms with Crippen LogP contribution in [0.15, 0.2) is 0 Å². The Bertz CT molecular complexity index is 7.51. The molecular weight excluding hydrogens is 86.0 g/mol. The zero-order valence-electron chi connectivity index (χ0n) is 4.17. The molecule has 0 aromatic heterocycles. The average molecular weight is 96.1 g/mol. The van der Waals surface area contributed by atoms with Crippen molar-refractivity contribution < 1.29 is 8.78 Å². The van der Waals surface area contributed by atoms with Crippen LogP contribution < -0.4 is 0 Å². The molecule has 0 aliphatic carbocycles. The normalized spacial score (nSPS) is 6.00. The maximum atomic E-state index is 10.3. The van der Waals surface area contributed by atoms with Crippen molar-refractivity contribution in [2.24, 2.45) is 0 Å². The monoisotopic (exact) mass is 96.1 g/mol. The van der Waals surface area contributed by atoms with E-state index in [1.54, 1.807) is 0 Å². The highest BCUT2D eigenvalue weighted by atomic mass is 19.1. The Morgan fingerprint density at radius 3 is 1.00 bits per heavy atom. The highest BCUT2D eigenvalue weighted by molar-refractivity contribution is 3.86. The molecule has 0 saturated heterocycles. The summed E-state index contributed by atoms with van der Waals surface area (Å²) in [5, 5.41) is 0. The van der Waals surface area contributed by atoms with E-state index in [1.165, 1.54) is 13.8 Å². The van der Waals surface area contributed by atoms with Gasteiger partial charge in [-0.3, -0.25) is 8.78 Å². The number of halogens is 2. The van der Waals surface area contributed by atoms with Gasteiger partial charge >= 0.3 is 0 Å². The Hall–Kier alpha value is -0.140. The molecule has 0 nitrogen and oxygen atoms in total. The molecule has 0 aliphatic rings. The third-order valence-electron chi connectivity index (χ3n) is 0. The Morgan fingerprint density at radius 2 is 1.00 bits per heavy atom. The van der Waals surface area contributed by atoms with Crippen molar-refractivity contribution in [3.63, 3.8) is 0 Å². The van der Waals surface area contributed by atoms with E-state index in [1.807, 2.05) is 0 Å². The summed E-state index contributed by atoms with van der Waals surface area (Å²) >= 11 is 0. The summed E-state index contributed by atoms with van der Waals surface area (Å²) in [6.45, 7) is 2.42. The lowest BCUT2D eigenvalue weighted by molar-refractivity contribution is 0.527. The highest BCUT2D eigenvalue weighted by Gasteiger charge is 1.40. The molecular formula is C4H10F2. The van der Waals surface area contributed by atoms with E-state index in [0.29, 0.717) is 0 Å². The summed E-state index contributed by atoms with van der Waals surface area (Å²) in [4.78, 5) is 0. The molecule has 40 valence electrons. The van der Waals surface area contributed by atoms with E-state index >= 15 is 0 Å². The Kier molecular flexibility index (Phi) is 32.4. The Balaban J connectivity index is 0. The first-order valence-electron chi connectivity index (χ1n) is 1.95. The van der Waals surface area contributed by atoms with Gasteiger partial charge in [-0.15, -0.1) is 0 Å². The lowest BCUT2D eigenvalue weighted by atomic mass is 10.9. The van der Waals surface area contributed by atoms with Gasteiger partial charge in [0.1, 0.15) is 0 Å². The first kappa shape index (κ1) is 9.29. The van der Waals surface area contributed by atoms with Gasteiger partial charge < -0.3 is 0 Å². The Labute approximate surface area is 37.2 Å². The number of alkyl halides is 2. The van der Waals surface area contributed by atoms with Crippen LogP contribution in [-0.2, 0) is 0 Å². The second kappa shape index (κ2) is 20.9. The van der Waals surface area contributed by atoms with Gasteiger partial charge in [0.15, 0.2) is 0 Å². The minimum Gasteiger partial charge on any atom is -0.251 e. The molecule has 0 atom stereocenters. The molecule has 0 spiro atoms. The molecule has 0 rings (SSSR count). The molecule has 0 amide bonds. The van der Waals surface area contributed by atoms with Crippen LogP contribution in [0.25, 0.3) is 0 Å². The maximum Gasteiger partial charge on any atom is 0.0866 e. The molecule has 0 aromatic rings. The topological polar surface area (TPSA) is 0 Å². The van der Waals surface area contributed by atoms with E-state index < -0.39 is 0 Å². The zero-order chi connectivity index (χ0) is 5.41. The van der Waals surface area contributed by atoms with Gasteiger partial charge in [0, 0.05) is 0 Å². The second-order valence-electron chi connectivity index (χ2n) is 0.535. The summed E-state index contributed by atoms with van der Waals surface area (Å²) in [7, 11) is 0. The van der Waals surface area contributed by atoms with Crippen LogP contribution >= 0.6 is 0 Å². The molecule has 0 saturated carbocycles. The first-order chi connectivity index (χ1) is 2.83. The highest BCUT2D eigenvalue weighted by Crippen LogP contribution is 1.49. The third-order valence-corrected chi connectivity index (χ3v) is 0. The minimum atomic E-state index is -0.250. The fraction of sp³-hybridized carbons (Fsp3) is 1.00. The van der Waals surface area contributed by atoms with Crippen molar-refractivity contribution >= 4 is 0 Å². The van der Waals surface area contributed by atoms with Crippen LogP contribution in [0.3, 0.4) is 0 Å². The molecule has 0 radical (unpaired) electrons. The van der Waals surface area contributed by atoms with E-state index in [-0.39, 0.29) is 13.3 Å². The molecule has 2 heteroatoms. The molecule has 0 bridgehead atoms. The third kappa shape index (κ3) is 1610. The predicted octanol–water partition coefficient (Wildman–Crippen LogP) is 1.95. The van der Waals surface area contributed by atoms with Crippen LogP contribution in [0.5, 0.6) is 0 Å². The van der Waals surface area contributed by atoms with Gasteiger partial charge in [0.05, 0.1) is 13.3 Å². The van der Waals surface area contributed by atoms with E-state index in [4.69, 9.17) is 0 Å². The molecule has 0 heterocycles. The van der Waals surface area contributed by atoms with Crippen LogP contribution in [0.4, 0.5) is 8.78 Å². The summed E-state index contributed by atoms with van der Waals surface area (Å²) in [5.74, 6) is 0. The van der Waals surface area contributed by atoms with Crippen LogP contribution in [0.1, 0.15) is 13.8 Å². The smallest absolute Gasteiger partial charge is 0.0866 e. The summed E-state index contributed by atoms with van der Waals surface area (Å²) in [5.41, 5.74) is 0. The van der Waals surface area contributed by atoms with Crippen LogP contribution in [0, 0.1) is 0 Å². The van der Waals surface area contributed by atoms with E-state index in [9.17, 15) is 8.78 Å². The number of hydrogen-bond donors (Lipinski definition) is 0. The van der Waals surface area contributed by atoms with Crippen molar-refractivity contribution in [1.29, 1.82) is 0 Å². The minimum absolute atomic E-state index is 0.250. The lowest BCUT2D eigenvalue weighted by Gasteiger charge is -1.45. The van der Waals surface area contributed by atoms with Gasteiger partial charge in [-0.1, -0.05) is 0 Å². The zero-order valence-corrected chi connectivity index (χ0v) is 4.17. The number of rotatable bonds is 0. The molecule has 0 unspecified atom stereocenters. The maximum absolute atomic E-state index is 10.3. The van der Waals surface area contributed by atoms with E-state index in [2.05, 4.69) is 0 Å². The average Bonchev–Trinajstić information content (AvgIpc) is 1.39. The van der Waals surface area contributed by atoms with Gasteiger partial charge in [0.2, 0.25) is 0 Å².